The van der Waals surface area contributed by atoms with Crippen molar-refractivity contribution in [1.82, 2.24) is 0 Å². The van der Waals surface area contributed by atoms with Gasteiger partial charge >= 0.3 is 5.97 Å². The number of hydrogen-bond acceptors (Lipinski definition) is 3. The van der Waals surface area contributed by atoms with Crippen LogP contribution >= 0.6 is 11.8 Å². The second kappa shape index (κ2) is 5.92. The van der Waals surface area contributed by atoms with E-state index in [-0.39, 0.29) is 5.82 Å². The van der Waals surface area contributed by atoms with Crippen LogP contribution in [0.4, 0.5) is 4.39 Å². The van der Waals surface area contributed by atoms with E-state index in [4.69, 9.17) is 10.8 Å². The monoisotopic (exact) mass is 285 g/mol. The van der Waals surface area contributed by atoms with Gasteiger partial charge in [0.05, 0.1) is 0 Å². The van der Waals surface area contributed by atoms with E-state index in [1.807, 2.05) is 0 Å². The van der Waals surface area contributed by atoms with Crippen molar-refractivity contribution in [2.24, 2.45) is 5.73 Å². The number of nitrogens with two attached hydrogens (primary N) is 1. The molecule has 0 amide bonds. The summed E-state index contributed by atoms with van der Waals surface area (Å²) in [5.74, 6) is -0.627. The lowest BCUT2D eigenvalue weighted by molar-refractivity contribution is -0.138. The van der Waals surface area contributed by atoms with Gasteiger partial charge in [-0.3, -0.25) is 4.79 Å². The van der Waals surface area contributed by atoms with E-state index in [9.17, 15) is 9.18 Å². The molecular weight excluding hydrogens is 265 g/mol. The number of hydrogen-bond donors (Lipinski definition) is 2. The molecule has 0 aliphatic rings. The summed E-state index contributed by atoms with van der Waals surface area (Å²) in [7, 11) is 0. The maximum atomic E-state index is 13.7. The number of aliphatic carboxylic acids is 1. The molecule has 106 valence electrons. The molecule has 3 N–H and O–H groups in total. The Morgan fingerprint density at radius 3 is 2.47 bits per heavy atom. The second-order valence-corrected chi connectivity index (χ2v) is 7.03. The molecule has 0 radical (unpaired) electrons. The molecule has 0 saturated heterocycles. The van der Waals surface area contributed by atoms with Crippen LogP contribution in [0.2, 0.25) is 0 Å². The van der Waals surface area contributed by atoms with Crippen molar-refractivity contribution in [3.63, 3.8) is 0 Å². The molecule has 19 heavy (non-hydrogen) atoms. The van der Waals surface area contributed by atoms with E-state index in [0.717, 1.165) is 0 Å². The van der Waals surface area contributed by atoms with Crippen LogP contribution < -0.4 is 5.73 Å². The van der Waals surface area contributed by atoms with Crippen molar-refractivity contribution in [3.05, 3.63) is 35.6 Å². The number of carbonyl (C=O) groups is 1. The van der Waals surface area contributed by atoms with Crippen LogP contribution in [0.1, 0.15) is 32.8 Å². The average molecular weight is 285 g/mol. The Morgan fingerprint density at radius 1 is 1.37 bits per heavy atom. The number of carboxylic acid groups (broad SMARTS) is 1. The Bertz CT molecular complexity index is 461. The molecule has 0 spiro atoms. The molecule has 0 aromatic heterocycles. The van der Waals surface area contributed by atoms with Gasteiger partial charge < -0.3 is 10.8 Å². The molecule has 1 unspecified atom stereocenters. The molecule has 5 heteroatoms. The van der Waals surface area contributed by atoms with E-state index in [1.54, 1.807) is 39.0 Å². The Labute approximate surface area is 117 Å². The highest BCUT2D eigenvalue weighted by molar-refractivity contribution is 8.01. The summed E-state index contributed by atoms with van der Waals surface area (Å²) in [5.41, 5.74) is 5.81. The minimum absolute atomic E-state index is 0.324. The first kappa shape index (κ1) is 16.0. The zero-order valence-electron chi connectivity index (χ0n) is 11.4. The largest absolute Gasteiger partial charge is 0.480 e. The third kappa shape index (κ3) is 4.21. The topological polar surface area (TPSA) is 63.3 Å². The Hall–Kier alpha value is -1.07. The fraction of sp³-hybridized carbons (Fsp3) is 0.500. The van der Waals surface area contributed by atoms with Crippen molar-refractivity contribution in [1.29, 1.82) is 0 Å². The fourth-order valence-corrected chi connectivity index (χ4v) is 2.80. The van der Waals surface area contributed by atoms with Crippen LogP contribution in [0.3, 0.4) is 0 Å². The molecule has 0 aliphatic heterocycles. The lowest BCUT2D eigenvalue weighted by Gasteiger charge is -2.27. The molecule has 1 atom stereocenters. The lowest BCUT2D eigenvalue weighted by atomic mass is 9.90. The summed E-state index contributed by atoms with van der Waals surface area (Å²) in [5, 5.41) is 9.02. The molecule has 3 nitrogen and oxygen atoms in total. The van der Waals surface area contributed by atoms with Gasteiger partial charge in [-0.1, -0.05) is 18.2 Å². The van der Waals surface area contributed by atoms with Crippen molar-refractivity contribution in [3.8, 4) is 0 Å². The van der Waals surface area contributed by atoms with Gasteiger partial charge in [-0.15, -0.1) is 11.8 Å². The first-order valence-electron chi connectivity index (χ1n) is 6.08. The van der Waals surface area contributed by atoms with Crippen LogP contribution in [0.25, 0.3) is 0 Å². The molecule has 0 saturated carbocycles. The molecule has 1 aromatic carbocycles. The summed E-state index contributed by atoms with van der Waals surface area (Å²) in [4.78, 5) is 11.0. The van der Waals surface area contributed by atoms with Gasteiger partial charge in [0.15, 0.2) is 0 Å². The maximum absolute atomic E-state index is 13.7. The SMILES string of the molecule is CC(C)(SCCC(C)(N)c1ccccc1F)C(=O)O. The molecule has 0 aliphatic carbocycles. The first-order valence-corrected chi connectivity index (χ1v) is 7.06. The summed E-state index contributed by atoms with van der Waals surface area (Å²) >= 11 is 1.31. The highest BCUT2D eigenvalue weighted by Crippen LogP contribution is 2.30. The Kier molecular flexibility index (Phi) is 4.98. The van der Waals surface area contributed by atoms with E-state index in [1.165, 1.54) is 17.8 Å². The minimum atomic E-state index is -0.859. The zero-order chi connectivity index (χ0) is 14.7. The van der Waals surface area contributed by atoms with Crippen LogP contribution in [0, 0.1) is 5.82 Å². The fourth-order valence-electron chi connectivity index (χ4n) is 1.64. The Balaban J connectivity index is 2.67. The minimum Gasteiger partial charge on any atom is -0.480 e. The molecule has 0 fully saturated rings. The number of rotatable bonds is 6. The van der Waals surface area contributed by atoms with Gasteiger partial charge in [0.2, 0.25) is 0 Å². The summed E-state index contributed by atoms with van der Waals surface area (Å²) in [6.45, 7) is 5.06. The molecule has 1 rings (SSSR count). The standard InChI is InChI=1S/C14H20FNO2S/c1-13(2,12(17)18)19-9-8-14(3,16)10-6-4-5-7-11(10)15/h4-7H,8-9,16H2,1-3H3,(H,17,18). The summed E-state index contributed by atoms with van der Waals surface area (Å²) < 4.78 is 12.8. The number of carboxylic acids is 1. The van der Waals surface area contributed by atoms with Gasteiger partial charge in [-0.05, 0) is 39.0 Å². The molecule has 1 aromatic rings. The average Bonchev–Trinajstić information content (AvgIpc) is 2.28. The van der Waals surface area contributed by atoms with Gasteiger partial charge in [0, 0.05) is 11.1 Å². The normalized spacial score (nSPS) is 15.0. The zero-order valence-corrected chi connectivity index (χ0v) is 12.3. The first-order chi connectivity index (χ1) is 8.67. The maximum Gasteiger partial charge on any atom is 0.319 e. The van der Waals surface area contributed by atoms with Gasteiger partial charge in [0.25, 0.3) is 0 Å². The summed E-state index contributed by atoms with van der Waals surface area (Å²) in [6.07, 6.45) is 0.509. The van der Waals surface area contributed by atoms with E-state index < -0.39 is 16.3 Å². The van der Waals surface area contributed by atoms with Gasteiger partial charge in [-0.25, -0.2) is 4.39 Å². The van der Waals surface area contributed by atoms with Crippen molar-refractivity contribution >= 4 is 17.7 Å². The van der Waals surface area contributed by atoms with Gasteiger partial charge in [-0.2, -0.15) is 0 Å². The Morgan fingerprint density at radius 2 is 1.95 bits per heavy atom. The van der Waals surface area contributed by atoms with Crippen LogP contribution in [0.5, 0.6) is 0 Å². The third-order valence-corrected chi connectivity index (χ3v) is 4.39. The van der Waals surface area contributed by atoms with Gasteiger partial charge in [0.1, 0.15) is 10.6 Å². The van der Waals surface area contributed by atoms with Crippen molar-refractivity contribution in [2.45, 2.75) is 37.5 Å². The number of halogens is 1. The van der Waals surface area contributed by atoms with Crippen molar-refractivity contribution in [2.75, 3.05) is 5.75 Å². The van der Waals surface area contributed by atoms with E-state index in [2.05, 4.69) is 0 Å². The van der Waals surface area contributed by atoms with Crippen LogP contribution in [-0.4, -0.2) is 21.6 Å². The van der Waals surface area contributed by atoms with Crippen LogP contribution in [-0.2, 0) is 10.3 Å². The third-order valence-electron chi connectivity index (χ3n) is 3.09. The van der Waals surface area contributed by atoms with E-state index in [0.29, 0.717) is 17.7 Å². The predicted octanol–water partition coefficient (Wildman–Crippen LogP) is 2.99. The summed E-state index contributed by atoms with van der Waals surface area (Å²) in [6, 6.07) is 6.42. The van der Waals surface area contributed by atoms with Crippen molar-refractivity contribution < 1.29 is 14.3 Å². The molecular formula is C14H20FNO2S. The lowest BCUT2D eigenvalue weighted by Crippen LogP contribution is -2.36. The molecule has 0 bridgehead atoms. The highest BCUT2D eigenvalue weighted by Gasteiger charge is 2.30. The van der Waals surface area contributed by atoms with E-state index >= 15 is 0 Å². The second-order valence-electron chi connectivity index (χ2n) is 5.31. The predicted molar refractivity (Wildman–Crippen MR) is 76.7 cm³/mol. The van der Waals surface area contributed by atoms with Crippen LogP contribution in [0.15, 0.2) is 24.3 Å². The highest BCUT2D eigenvalue weighted by atomic mass is 32.2. The quantitative estimate of drug-likeness (QED) is 0.843. The number of benzene rings is 1. The molecule has 0 heterocycles. The number of thioether (sulfide) groups is 1. The smallest absolute Gasteiger partial charge is 0.319 e.